The summed E-state index contributed by atoms with van der Waals surface area (Å²) in [5.74, 6) is 3.25. The molecule has 5 rings (SSSR count). The molecular weight excluding hydrogens is 504 g/mol. The van der Waals surface area contributed by atoms with Crippen molar-refractivity contribution in [2.45, 2.75) is 4.90 Å². The normalized spacial score (nSPS) is 11.1. The number of aromatic nitrogens is 1. The van der Waals surface area contributed by atoms with E-state index in [1.165, 1.54) is 12.1 Å². The second-order valence-corrected chi connectivity index (χ2v) is 9.84. The molecule has 4 aromatic carbocycles. The number of pyridine rings is 1. The summed E-state index contributed by atoms with van der Waals surface area (Å²) in [7, 11) is -0.721. The van der Waals surface area contributed by atoms with Crippen molar-refractivity contribution < 1.29 is 27.4 Å². The molecule has 0 amide bonds. The summed E-state index contributed by atoms with van der Waals surface area (Å²) in [6.07, 6.45) is 1.64. The molecule has 0 fully saturated rings. The molecular formula is C29H24N2O6S. The Hall–Kier alpha value is -4.76. The molecule has 0 saturated carbocycles. The lowest BCUT2D eigenvalue weighted by Crippen LogP contribution is -2.12. The molecule has 192 valence electrons. The number of para-hydroxylation sites is 1. The third-order valence-corrected chi connectivity index (χ3v) is 7.01. The van der Waals surface area contributed by atoms with E-state index in [1.807, 2.05) is 18.2 Å². The van der Waals surface area contributed by atoms with Gasteiger partial charge in [-0.25, -0.2) is 8.42 Å². The van der Waals surface area contributed by atoms with Crippen LogP contribution < -0.4 is 23.7 Å². The van der Waals surface area contributed by atoms with Gasteiger partial charge in [-0.3, -0.25) is 9.71 Å². The third kappa shape index (κ3) is 5.47. The van der Waals surface area contributed by atoms with Gasteiger partial charge >= 0.3 is 0 Å². The van der Waals surface area contributed by atoms with Crippen molar-refractivity contribution in [3.05, 3.63) is 103 Å². The van der Waals surface area contributed by atoms with Gasteiger partial charge in [0.2, 0.25) is 0 Å². The van der Waals surface area contributed by atoms with E-state index < -0.39 is 10.0 Å². The van der Waals surface area contributed by atoms with E-state index in [9.17, 15) is 8.42 Å². The summed E-state index contributed by atoms with van der Waals surface area (Å²) in [5.41, 5.74) is 1.07. The monoisotopic (exact) mass is 528 g/mol. The molecule has 1 aromatic heterocycles. The van der Waals surface area contributed by atoms with E-state index in [2.05, 4.69) is 9.71 Å². The van der Waals surface area contributed by atoms with E-state index in [4.69, 9.17) is 18.9 Å². The molecule has 5 aromatic rings. The number of ether oxygens (including phenoxy) is 4. The molecule has 0 saturated heterocycles. The zero-order chi connectivity index (χ0) is 26.5. The molecule has 38 heavy (non-hydrogen) atoms. The van der Waals surface area contributed by atoms with Crippen LogP contribution in [0.3, 0.4) is 0 Å². The van der Waals surface area contributed by atoms with Crippen LogP contribution in [0.5, 0.6) is 34.5 Å². The average Bonchev–Trinajstić information content (AvgIpc) is 2.94. The lowest BCUT2D eigenvalue weighted by atomic mass is 10.2. The number of hydrogen-bond donors (Lipinski definition) is 1. The van der Waals surface area contributed by atoms with Gasteiger partial charge in [0.1, 0.15) is 23.0 Å². The van der Waals surface area contributed by atoms with Crippen molar-refractivity contribution in [2.24, 2.45) is 0 Å². The summed E-state index contributed by atoms with van der Waals surface area (Å²) in [4.78, 5) is 4.46. The summed E-state index contributed by atoms with van der Waals surface area (Å²) in [6.45, 7) is 0. The topological polar surface area (TPSA) is 96.0 Å². The molecule has 0 aliphatic rings. The highest BCUT2D eigenvalue weighted by atomic mass is 32.2. The van der Waals surface area contributed by atoms with Gasteiger partial charge in [-0.05, 0) is 60.7 Å². The Kier molecular flexibility index (Phi) is 7.01. The van der Waals surface area contributed by atoms with Crippen molar-refractivity contribution in [3.8, 4) is 34.5 Å². The number of rotatable bonds is 9. The minimum absolute atomic E-state index is 0.0823. The molecule has 1 N–H and O–H groups in total. The van der Waals surface area contributed by atoms with Gasteiger partial charge in [0.15, 0.2) is 11.5 Å². The quantitative estimate of drug-likeness (QED) is 0.229. The average molecular weight is 529 g/mol. The Morgan fingerprint density at radius 1 is 0.658 bits per heavy atom. The number of nitrogens with zero attached hydrogens (tertiary/aromatic N) is 1. The molecule has 0 aliphatic carbocycles. The van der Waals surface area contributed by atoms with Gasteiger partial charge in [-0.1, -0.05) is 24.3 Å². The van der Waals surface area contributed by atoms with Crippen LogP contribution >= 0.6 is 0 Å². The Labute approximate surface area is 220 Å². The van der Waals surface area contributed by atoms with Crippen LogP contribution in [0.2, 0.25) is 0 Å². The fraction of sp³-hybridized carbons (Fsp3) is 0.0690. The number of benzene rings is 4. The van der Waals surface area contributed by atoms with E-state index in [0.29, 0.717) is 45.7 Å². The van der Waals surface area contributed by atoms with Gasteiger partial charge < -0.3 is 18.9 Å². The molecule has 8 nitrogen and oxygen atoms in total. The van der Waals surface area contributed by atoms with E-state index in [-0.39, 0.29) is 4.90 Å². The Bertz CT molecular complexity index is 1670. The lowest BCUT2D eigenvalue weighted by molar-refractivity contribution is 0.355. The summed E-state index contributed by atoms with van der Waals surface area (Å²) < 4.78 is 51.2. The Morgan fingerprint density at radius 2 is 1.34 bits per heavy atom. The maximum absolute atomic E-state index is 13.0. The van der Waals surface area contributed by atoms with Crippen LogP contribution in [-0.2, 0) is 10.0 Å². The van der Waals surface area contributed by atoms with Gasteiger partial charge in [0.05, 0.1) is 24.6 Å². The molecule has 0 bridgehead atoms. The van der Waals surface area contributed by atoms with Crippen molar-refractivity contribution in [1.82, 2.24) is 4.98 Å². The first-order valence-electron chi connectivity index (χ1n) is 11.6. The fourth-order valence-electron chi connectivity index (χ4n) is 3.80. The van der Waals surface area contributed by atoms with E-state index in [1.54, 1.807) is 87.1 Å². The number of hydrogen-bond acceptors (Lipinski definition) is 7. The number of methoxy groups -OCH3 is 2. The summed E-state index contributed by atoms with van der Waals surface area (Å²) in [5, 5.41) is 0.743. The predicted molar refractivity (Wildman–Crippen MR) is 145 cm³/mol. The number of fused-ring (bicyclic) bond motifs is 1. The highest BCUT2D eigenvalue weighted by Gasteiger charge is 2.16. The highest BCUT2D eigenvalue weighted by molar-refractivity contribution is 7.92. The molecule has 9 heteroatoms. The first-order chi connectivity index (χ1) is 18.4. The van der Waals surface area contributed by atoms with Gasteiger partial charge in [-0.15, -0.1) is 0 Å². The van der Waals surface area contributed by atoms with Crippen LogP contribution in [0.1, 0.15) is 0 Å². The first kappa shape index (κ1) is 24.9. The zero-order valence-electron chi connectivity index (χ0n) is 20.6. The second kappa shape index (κ2) is 10.7. The maximum Gasteiger partial charge on any atom is 0.262 e. The highest BCUT2D eigenvalue weighted by Crippen LogP contribution is 2.37. The standard InChI is InChI=1S/C29H24N2O6S/c1-34-28-18-25-26(19-29(28)35-2)30-16-15-27(25)37-22-13-11-20(12-14-22)31-38(32,33)24-10-6-9-23(17-24)36-21-7-4-3-5-8-21/h3-19,31H,1-2H3. The van der Waals surface area contributed by atoms with Crippen LogP contribution in [0.25, 0.3) is 10.9 Å². The number of sulfonamides is 1. The van der Waals surface area contributed by atoms with E-state index >= 15 is 0 Å². The zero-order valence-corrected chi connectivity index (χ0v) is 21.4. The van der Waals surface area contributed by atoms with Crippen LogP contribution in [0, 0.1) is 0 Å². The third-order valence-electron chi connectivity index (χ3n) is 5.64. The van der Waals surface area contributed by atoms with Crippen LogP contribution in [0.15, 0.2) is 108 Å². The van der Waals surface area contributed by atoms with Gasteiger partial charge in [0, 0.05) is 29.4 Å². The number of anilines is 1. The lowest BCUT2D eigenvalue weighted by Gasteiger charge is -2.13. The van der Waals surface area contributed by atoms with Crippen molar-refractivity contribution in [3.63, 3.8) is 0 Å². The van der Waals surface area contributed by atoms with Crippen LogP contribution in [-0.4, -0.2) is 27.6 Å². The maximum atomic E-state index is 13.0. The molecule has 0 unspecified atom stereocenters. The van der Waals surface area contributed by atoms with Crippen molar-refractivity contribution in [2.75, 3.05) is 18.9 Å². The molecule has 0 spiro atoms. The molecule has 1 heterocycles. The minimum atomic E-state index is -3.85. The van der Waals surface area contributed by atoms with Crippen molar-refractivity contribution in [1.29, 1.82) is 0 Å². The SMILES string of the molecule is COc1cc2nccc(Oc3ccc(NS(=O)(=O)c4cccc(Oc5ccccc5)c4)cc3)c2cc1OC. The largest absolute Gasteiger partial charge is 0.493 e. The minimum Gasteiger partial charge on any atom is -0.493 e. The molecule has 0 aliphatic heterocycles. The second-order valence-electron chi connectivity index (χ2n) is 8.16. The fourth-order valence-corrected chi connectivity index (χ4v) is 4.89. The smallest absolute Gasteiger partial charge is 0.262 e. The Balaban J connectivity index is 1.32. The summed E-state index contributed by atoms with van der Waals surface area (Å²) >= 11 is 0. The van der Waals surface area contributed by atoms with E-state index in [0.717, 1.165) is 5.39 Å². The molecule has 0 radical (unpaired) electrons. The Morgan fingerprint density at radius 3 is 2.08 bits per heavy atom. The van der Waals surface area contributed by atoms with Crippen molar-refractivity contribution >= 4 is 26.6 Å². The summed E-state index contributed by atoms with van der Waals surface area (Å²) in [6, 6.07) is 27.4. The predicted octanol–water partition coefficient (Wildman–Crippen LogP) is 6.64. The molecule has 0 atom stereocenters. The first-order valence-corrected chi connectivity index (χ1v) is 13.1. The van der Waals surface area contributed by atoms with Gasteiger partial charge in [-0.2, -0.15) is 0 Å². The van der Waals surface area contributed by atoms with Gasteiger partial charge in [0.25, 0.3) is 10.0 Å². The van der Waals surface area contributed by atoms with Crippen LogP contribution in [0.4, 0.5) is 5.69 Å². The number of nitrogens with one attached hydrogen (secondary N) is 1.